The first-order chi connectivity index (χ1) is 9.88. The first-order valence-electron chi connectivity index (χ1n) is 6.78. The summed E-state index contributed by atoms with van der Waals surface area (Å²) >= 11 is 1.82. The highest BCUT2D eigenvalue weighted by molar-refractivity contribution is 7.09. The zero-order valence-electron chi connectivity index (χ0n) is 11.4. The predicted molar refractivity (Wildman–Crippen MR) is 84.0 cm³/mol. The maximum Gasteiger partial charge on any atom is 0.0934 e. The van der Waals surface area contributed by atoms with Crippen LogP contribution in [0.3, 0.4) is 0 Å². The minimum absolute atomic E-state index is 0.303. The Morgan fingerprint density at radius 1 is 1.15 bits per heavy atom. The minimum atomic E-state index is 0.303. The monoisotopic (exact) mass is 283 g/mol. The average molecular weight is 283 g/mol. The van der Waals surface area contributed by atoms with Gasteiger partial charge in [-0.05, 0) is 43.0 Å². The number of rotatable bonds is 5. The van der Waals surface area contributed by atoms with Gasteiger partial charge in [0.15, 0.2) is 0 Å². The molecule has 3 aromatic rings. The summed E-state index contributed by atoms with van der Waals surface area (Å²) in [7, 11) is 2.01. The summed E-state index contributed by atoms with van der Waals surface area (Å²) in [5.41, 5.74) is 3.19. The van der Waals surface area contributed by atoms with Crippen LogP contribution >= 0.6 is 11.3 Å². The van der Waals surface area contributed by atoms with E-state index in [0.29, 0.717) is 6.04 Å². The molecular formula is C16H17N3S. The van der Waals surface area contributed by atoms with Crippen molar-refractivity contribution in [3.8, 4) is 0 Å². The van der Waals surface area contributed by atoms with Crippen LogP contribution < -0.4 is 5.32 Å². The Labute approximate surface area is 122 Å². The Bertz CT molecular complexity index is 674. The third-order valence-corrected chi connectivity index (χ3v) is 4.45. The largest absolute Gasteiger partial charge is 0.313 e. The van der Waals surface area contributed by atoms with Crippen LogP contribution in [-0.2, 0) is 6.42 Å². The average Bonchev–Trinajstić information content (AvgIpc) is 3.01. The van der Waals surface area contributed by atoms with Gasteiger partial charge in [0.2, 0.25) is 0 Å². The van der Waals surface area contributed by atoms with Gasteiger partial charge in [0, 0.05) is 23.3 Å². The molecule has 102 valence electrons. The SMILES string of the molecule is CNC(CCc1cccs1)c1cccc2nccnc12. The van der Waals surface area contributed by atoms with Gasteiger partial charge in [-0.25, -0.2) is 0 Å². The number of nitrogens with one attached hydrogen (secondary N) is 1. The lowest BCUT2D eigenvalue weighted by molar-refractivity contribution is 0.554. The number of hydrogen-bond acceptors (Lipinski definition) is 4. The number of aromatic nitrogens is 2. The highest BCUT2D eigenvalue weighted by atomic mass is 32.1. The number of fused-ring (bicyclic) bond motifs is 1. The minimum Gasteiger partial charge on any atom is -0.313 e. The molecule has 3 nitrogen and oxygen atoms in total. The van der Waals surface area contributed by atoms with Crippen molar-refractivity contribution >= 4 is 22.4 Å². The molecular weight excluding hydrogens is 266 g/mol. The van der Waals surface area contributed by atoms with Gasteiger partial charge in [-0.3, -0.25) is 9.97 Å². The van der Waals surface area contributed by atoms with Crippen LogP contribution in [0, 0.1) is 0 Å². The highest BCUT2D eigenvalue weighted by Gasteiger charge is 2.13. The molecule has 1 N–H and O–H groups in total. The normalized spacial score (nSPS) is 12.7. The van der Waals surface area contributed by atoms with E-state index in [9.17, 15) is 0 Å². The molecule has 0 saturated heterocycles. The Morgan fingerprint density at radius 2 is 2.05 bits per heavy atom. The fraction of sp³-hybridized carbons (Fsp3) is 0.250. The summed E-state index contributed by atoms with van der Waals surface area (Å²) in [6, 6.07) is 10.8. The van der Waals surface area contributed by atoms with Gasteiger partial charge in [-0.15, -0.1) is 11.3 Å². The van der Waals surface area contributed by atoms with E-state index in [1.54, 1.807) is 12.4 Å². The molecule has 0 aliphatic rings. The van der Waals surface area contributed by atoms with E-state index < -0.39 is 0 Å². The molecule has 1 aromatic carbocycles. The summed E-state index contributed by atoms with van der Waals surface area (Å²) in [5.74, 6) is 0. The van der Waals surface area contributed by atoms with E-state index in [4.69, 9.17) is 0 Å². The molecule has 2 heterocycles. The second-order valence-corrected chi connectivity index (χ2v) is 5.76. The second-order valence-electron chi connectivity index (χ2n) is 4.73. The molecule has 0 amide bonds. The lowest BCUT2D eigenvalue weighted by Crippen LogP contribution is -2.17. The predicted octanol–water partition coefficient (Wildman–Crippen LogP) is 3.58. The fourth-order valence-electron chi connectivity index (χ4n) is 2.49. The molecule has 1 unspecified atom stereocenters. The summed E-state index contributed by atoms with van der Waals surface area (Å²) in [6.07, 6.45) is 5.65. The molecule has 0 bridgehead atoms. The lowest BCUT2D eigenvalue weighted by Gasteiger charge is -2.17. The quantitative estimate of drug-likeness (QED) is 0.777. The number of thiophene rings is 1. The van der Waals surface area contributed by atoms with Crippen molar-refractivity contribution < 1.29 is 0 Å². The van der Waals surface area contributed by atoms with E-state index in [1.807, 2.05) is 24.5 Å². The molecule has 4 heteroatoms. The molecule has 3 rings (SSSR count). The number of para-hydroxylation sites is 1. The van der Waals surface area contributed by atoms with E-state index in [0.717, 1.165) is 23.9 Å². The van der Waals surface area contributed by atoms with Crippen LogP contribution in [0.5, 0.6) is 0 Å². The van der Waals surface area contributed by atoms with Gasteiger partial charge in [-0.2, -0.15) is 0 Å². The number of benzene rings is 1. The second kappa shape index (κ2) is 6.11. The Balaban J connectivity index is 1.87. The first kappa shape index (κ1) is 13.2. The van der Waals surface area contributed by atoms with E-state index in [-0.39, 0.29) is 0 Å². The maximum atomic E-state index is 4.50. The van der Waals surface area contributed by atoms with Crippen molar-refractivity contribution in [1.29, 1.82) is 0 Å². The Kier molecular flexibility index (Phi) is 4.04. The van der Waals surface area contributed by atoms with E-state index in [2.05, 4.69) is 44.9 Å². The van der Waals surface area contributed by atoms with Gasteiger partial charge in [-0.1, -0.05) is 18.2 Å². The topological polar surface area (TPSA) is 37.8 Å². The van der Waals surface area contributed by atoms with Crippen molar-refractivity contribution in [3.63, 3.8) is 0 Å². The Hall–Kier alpha value is -1.78. The van der Waals surface area contributed by atoms with Crippen LogP contribution in [0.2, 0.25) is 0 Å². The zero-order chi connectivity index (χ0) is 13.8. The molecule has 0 fully saturated rings. The summed E-state index contributed by atoms with van der Waals surface area (Å²) in [6.45, 7) is 0. The van der Waals surface area contributed by atoms with Gasteiger partial charge in [0.1, 0.15) is 0 Å². The van der Waals surface area contributed by atoms with Crippen molar-refractivity contribution in [3.05, 3.63) is 58.5 Å². The van der Waals surface area contributed by atoms with Crippen LogP contribution in [-0.4, -0.2) is 17.0 Å². The van der Waals surface area contributed by atoms with Crippen LogP contribution in [0.15, 0.2) is 48.1 Å². The van der Waals surface area contributed by atoms with Gasteiger partial charge >= 0.3 is 0 Å². The Morgan fingerprint density at radius 3 is 2.85 bits per heavy atom. The van der Waals surface area contributed by atoms with Crippen LogP contribution in [0.4, 0.5) is 0 Å². The molecule has 0 aliphatic heterocycles. The molecule has 0 spiro atoms. The molecule has 20 heavy (non-hydrogen) atoms. The van der Waals surface area contributed by atoms with Gasteiger partial charge in [0.25, 0.3) is 0 Å². The van der Waals surface area contributed by atoms with Gasteiger partial charge < -0.3 is 5.32 Å². The molecule has 2 aromatic heterocycles. The number of nitrogens with zero attached hydrogens (tertiary/aromatic N) is 2. The van der Waals surface area contributed by atoms with Crippen LogP contribution in [0.25, 0.3) is 11.0 Å². The van der Waals surface area contributed by atoms with Gasteiger partial charge in [0.05, 0.1) is 11.0 Å². The molecule has 0 radical (unpaired) electrons. The lowest BCUT2D eigenvalue weighted by atomic mass is 10.00. The van der Waals surface area contributed by atoms with Crippen molar-refractivity contribution in [2.75, 3.05) is 7.05 Å². The fourth-order valence-corrected chi connectivity index (χ4v) is 3.22. The third-order valence-electron chi connectivity index (χ3n) is 3.51. The standard InChI is InChI=1S/C16H17N3S/c1-17-14(8-7-12-4-3-11-20-12)13-5-2-6-15-16(13)19-10-9-18-15/h2-6,9-11,14,17H,7-8H2,1H3. The first-order valence-corrected chi connectivity index (χ1v) is 7.65. The van der Waals surface area contributed by atoms with Crippen molar-refractivity contribution in [2.24, 2.45) is 0 Å². The summed E-state index contributed by atoms with van der Waals surface area (Å²) in [5, 5.41) is 5.54. The smallest absolute Gasteiger partial charge is 0.0934 e. The molecule has 0 saturated carbocycles. The van der Waals surface area contributed by atoms with Crippen LogP contribution in [0.1, 0.15) is 22.9 Å². The number of aryl methyl sites for hydroxylation is 1. The summed E-state index contributed by atoms with van der Waals surface area (Å²) < 4.78 is 0. The zero-order valence-corrected chi connectivity index (χ0v) is 12.2. The number of hydrogen-bond donors (Lipinski definition) is 1. The molecule has 1 atom stereocenters. The maximum absolute atomic E-state index is 4.50. The third kappa shape index (κ3) is 2.71. The summed E-state index contributed by atoms with van der Waals surface area (Å²) in [4.78, 5) is 10.3. The van der Waals surface area contributed by atoms with Crippen molar-refractivity contribution in [2.45, 2.75) is 18.9 Å². The van der Waals surface area contributed by atoms with Crippen molar-refractivity contribution in [1.82, 2.24) is 15.3 Å². The van der Waals surface area contributed by atoms with E-state index >= 15 is 0 Å². The van der Waals surface area contributed by atoms with E-state index in [1.165, 1.54) is 10.4 Å². The molecule has 0 aliphatic carbocycles. The highest BCUT2D eigenvalue weighted by Crippen LogP contribution is 2.25.